The smallest absolute Gasteiger partial charge is 0.303 e. The second-order valence-electron chi connectivity index (χ2n) is 4.79. The highest BCUT2D eigenvalue weighted by Crippen LogP contribution is 2.34. The molecule has 0 spiro atoms. The van der Waals surface area contributed by atoms with Crippen molar-refractivity contribution in [1.29, 1.82) is 0 Å². The third-order valence-electron chi connectivity index (χ3n) is 3.11. The van der Waals surface area contributed by atoms with E-state index in [0.29, 0.717) is 10.6 Å². The van der Waals surface area contributed by atoms with E-state index < -0.39 is 22.8 Å². The highest BCUT2D eigenvalue weighted by Gasteiger charge is 2.24. The molecule has 0 bridgehead atoms. The van der Waals surface area contributed by atoms with Crippen LogP contribution in [0.1, 0.15) is 30.1 Å². The molecule has 126 valence electrons. The Hall–Kier alpha value is -2.29. The van der Waals surface area contributed by atoms with E-state index in [2.05, 4.69) is 5.32 Å². The molecule has 0 aliphatic rings. The number of carbonyl (C=O) groups excluding carboxylic acids is 1. The minimum Gasteiger partial charge on any atom is -0.495 e. The van der Waals surface area contributed by atoms with Crippen molar-refractivity contribution in [2.24, 2.45) is 0 Å². The minimum absolute atomic E-state index is 0.0812. The van der Waals surface area contributed by atoms with Gasteiger partial charge in [0.15, 0.2) is 0 Å². The average molecular weight is 342 g/mol. The molecule has 0 aromatic heterocycles. The summed E-state index contributed by atoms with van der Waals surface area (Å²) in [6.45, 7) is 1.64. The van der Waals surface area contributed by atoms with E-state index in [0.717, 1.165) is 0 Å². The summed E-state index contributed by atoms with van der Waals surface area (Å²) in [4.78, 5) is 33.9. The average Bonchev–Trinajstić information content (AvgIpc) is 2.51. The van der Waals surface area contributed by atoms with Crippen LogP contribution in [0, 0.1) is 10.1 Å². The highest BCUT2D eigenvalue weighted by atomic mass is 32.2. The lowest BCUT2D eigenvalue weighted by molar-refractivity contribution is -0.385. The molecule has 0 aliphatic carbocycles. The van der Waals surface area contributed by atoms with E-state index in [4.69, 9.17) is 9.84 Å². The van der Waals surface area contributed by atoms with Gasteiger partial charge in [0, 0.05) is 12.5 Å². The number of carbonyl (C=O) groups is 2. The van der Waals surface area contributed by atoms with E-state index in [-0.39, 0.29) is 24.1 Å². The summed E-state index contributed by atoms with van der Waals surface area (Å²) in [5.74, 6) is -1.27. The molecule has 1 atom stereocenters. The fraction of sp³-hybridized carbons (Fsp3) is 0.429. The predicted molar refractivity (Wildman–Crippen MR) is 85.2 cm³/mol. The summed E-state index contributed by atoms with van der Waals surface area (Å²) in [6, 6.07) is 2.20. The van der Waals surface area contributed by atoms with Gasteiger partial charge in [-0.25, -0.2) is 0 Å². The summed E-state index contributed by atoms with van der Waals surface area (Å²) in [5.41, 5.74) is -0.440. The Kier molecular flexibility index (Phi) is 6.83. The number of benzene rings is 1. The number of hydrogen-bond acceptors (Lipinski definition) is 6. The van der Waals surface area contributed by atoms with E-state index in [1.807, 2.05) is 0 Å². The number of nitro groups is 1. The third kappa shape index (κ3) is 5.13. The molecule has 1 unspecified atom stereocenters. The minimum atomic E-state index is -0.966. The van der Waals surface area contributed by atoms with E-state index in [9.17, 15) is 19.7 Å². The van der Waals surface area contributed by atoms with Gasteiger partial charge in [-0.05, 0) is 25.7 Å². The van der Waals surface area contributed by atoms with Crippen molar-refractivity contribution in [3.8, 4) is 5.75 Å². The zero-order valence-corrected chi connectivity index (χ0v) is 13.8. The van der Waals surface area contributed by atoms with Gasteiger partial charge in [-0.1, -0.05) is 0 Å². The summed E-state index contributed by atoms with van der Waals surface area (Å²) in [7, 11) is 1.40. The van der Waals surface area contributed by atoms with Crippen LogP contribution in [0.15, 0.2) is 17.0 Å². The zero-order valence-electron chi connectivity index (χ0n) is 13.0. The largest absolute Gasteiger partial charge is 0.495 e. The normalized spacial score (nSPS) is 11.6. The van der Waals surface area contributed by atoms with Crippen LogP contribution in [0.2, 0.25) is 0 Å². The number of aliphatic carboxylic acids is 1. The maximum absolute atomic E-state index is 12.3. The molecule has 0 saturated heterocycles. The van der Waals surface area contributed by atoms with E-state index in [1.165, 1.54) is 31.0 Å². The number of thioether (sulfide) groups is 1. The number of ether oxygens (including phenoxy) is 1. The summed E-state index contributed by atoms with van der Waals surface area (Å²) < 4.78 is 5.09. The van der Waals surface area contributed by atoms with Gasteiger partial charge in [0.1, 0.15) is 11.3 Å². The number of carboxylic acid groups (broad SMARTS) is 1. The van der Waals surface area contributed by atoms with E-state index >= 15 is 0 Å². The van der Waals surface area contributed by atoms with Crippen LogP contribution in [0.25, 0.3) is 0 Å². The Bertz CT molecular complexity index is 620. The molecule has 2 N–H and O–H groups in total. The third-order valence-corrected chi connectivity index (χ3v) is 3.87. The van der Waals surface area contributed by atoms with Gasteiger partial charge in [0.25, 0.3) is 11.6 Å². The topological polar surface area (TPSA) is 119 Å². The molecule has 0 aliphatic heterocycles. The SMILES string of the molecule is COc1cc([N+](=O)[O-])c(C(=O)NC(C)CCC(=O)O)cc1SC. The van der Waals surface area contributed by atoms with Gasteiger partial charge in [0.05, 0.1) is 23.0 Å². The Morgan fingerprint density at radius 3 is 2.61 bits per heavy atom. The molecule has 1 aromatic rings. The van der Waals surface area contributed by atoms with Gasteiger partial charge in [-0.15, -0.1) is 11.8 Å². The van der Waals surface area contributed by atoms with Crippen LogP contribution < -0.4 is 10.1 Å². The van der Waals surface area contributed by atoms with Crippen LogP contribution in [0.5, 0.6) is 5.75 Å². The summed E-state index contributed by atoms with van der Waals surface area (Å²) in [6.07, 6.45) is 1.91. The molecule has 1 amide bonds. The maximum Gasteiger partial charge on any atom is 0.303 e. The molecule has 0 fully saturated rings. The Morgan fingerprint density at radius 2 is 2.13 bits per heavy atom. The van der Waals surface area contributed by atoms with Gasteiger partial charge >= 0.3 is 5.97 Å². The van der Waals surface area contributed by atoms with Crippen molar-refractivity contribution >= 4 is 29.3 Å². The fourth-order valence-corrected chi connectivity index (χ4v) is 2.49. The number of rotatable bonds is 8. The van der Waals surface area contributed by atoms with Gasteiger partial charge < -0.3 is 15.2 Å². The van der Waals surface area contributed by atoms with Crippen LogP contribution in [0.3, 0.4) is 0 Å². The Morgan fingerprint density at radius 1 is 1.48 bits per heavy atom. The fourth-order valence-electron chi connectivity index (χ4n) is 1.91. The number of nitro benzene ring substituents is 1. The Balaban J connectivity index is 3.07. The molecule has 8 nitrogen and oxygen atoms in total. The van der Waals surface area contributed by atoms with Crippen molar-refractivity contribution in [2.75, 3.05) is 13.4 Å². The van der Waals surface area contributed by atoms with Crippen molar-refractivity contribution in [3.63, 3.8) is 0 Å². The zero-order chi connectivity index (χ0) is 17.6. The molecule has 1 rings (SSSR count). The second kappa shape index (κ2) is 8.37. The molecule has 1 aromatic carbocycles. The van der Waals surface area contributed by atoms with Gasteiger partial charge in [0.2, 0.25) is 0 Å². The highest BCUT2D eigenvalue weighted by molar-refractivity contribution is 7.98. The number of hydrogen-bond donors (Lipinski definition) is 2. The van der Waals surface area contributed by atoms with Gasteiger partial charge in [-0.3, -0.25) is 19.7 Å². The molecule has 0 saturated carbocycles. The quantitative estimate of drug-likeness (QED) is 0.422. The number of carboxylic acids is 1. The van der Waals surface area contributed by atoms with Gasteiger partial charge in [-0.2, -0.15) is 0 Å². The molecule has 23 heavy (non-hydrogen) atoms. The number of nitrogens with one attached hydrogen (secondary N) is 1. The van der Waals surface area contributed by atoms with Crippen LogP contribution in [-0.2, 0) is 4.79 Å². The summed E-state index contributed by atoms with van der Waals surface area (Å²) >= 11 is 1.30. The molecule has 0 heterocycles. The number of amides is 1. The maximum atomic E-state index is 12.3. The molecule has 0 radical (unpaired) electrons. The van der Waals surface area contributed by atoms with Crippen molar-refractivity contribution in [1.82, 2.24) is 5.32 Å². The lowest BCUT2D eigenvalue weighted by Crippen LogP contribution is -2.33. The molecular weight excluding hydrogens is 324 g/mol. The first-order valence-corrected chi connectivity index (χ1v) is 7.95. The first-order valence-electron chi connectivity index (χ1n) is 6.73. The van der Waals surface area contributed by atoms with Crippen molar-refractivity contribution < 1.29 is 24.4 Å². The predicted octanol–water partition coefficient (Wildman–Crippen LogP) is 2.31. The first-order chi connectivity index (χ1) is 10.8. The van der Waals surface area contributed by atoms with Crippen LogP contribution in [-0.4, -0.2) is 41.3 Å². The lowest BCUT2D eigenvalue weighted by Gasteiger charge is -2.14. The van der Waals surface area contributed by atoms with Crippen LogP contribution in [0.4, 0.5) is 5.69 Å². The Labute approximate surface area is 137 Å². The van der Waals surface area contributed by atoms with Crippen LogP contribution >= 0.6 is 11.8 Å². The first kappa shape index (κ1) is 18.8. The summed E-state index contributed by atoms with van der Waals surface area (Å²) in [5, 5.41) is 22.4. The number of methoxy groups -OCH3 is 1. The molecular formula is C14H18N2O6S. The standard InChI is InChI=1S/C14H18N2O6S/c1-8(4-5-13(17)18)15-14(19)9-6-12(23-3)11(22-2)7-10(9)16(20)21/h6-8H,4-5H2,1-3H3,(H,15,19)(H,17,18). The van der Waals surface area contributed by atoms with E-state index in [1.54, 1.807) is 13.2 Å². The van der Waals surface area contributed by atoms with Crippen molar-refractivity contribution in [2.45, 2.75) is 30.7 Å². The van der Waals surface area contributed by atoms with Crippen molar-refractivity contribution in [3.05, 3.63) is 27.8 Å². The monoisotopic (exact) mass is 342 g/mol. The number of nitrogens with zero attached hydrogens (tertiary/aromatic N) is 1. The lowest BCUT2D eigenvalue weighted by atomic mass is 10.1. The second-order valence-corrected chi connectivity index (χ2v) is 5.64. The molecule has 9 heteroatoms.